The number of fused-ring (bicyclic) bond motifs is 1. The van der Waals surface area contributed by atoms with Gasteiger partial charge < -0.3 is 9.64 Å². The number of benzene rings is 1. The van der Waals surface area contributed by atoms with Gasteiger partial charge >= 0.3 is 6.09 Å². The van der Waals surface area contributed by atoms with E-state index >= 15 is 0 Å². The molecule has 11 heteroatoms. The number of likely N-dealkylation sites (tertiary alicyclic amines) is 1. The van der Waals surface area contributed by atoms with Crippen LogP contribution in [0, 0.1) is 23.0 Å². The Morgan fingerprint density at radius 2 is 1.97 bits per heavy atom. The van der Waals surface area contributed by atoms with Gasteiger partial charge in [-0.2, -0.15) is 15.5 Å². The predicted molar refractivity (Wildman–Crippen MR) is 138 cm³/mol. The lowest BCUT2D eigenvalue weighted by atomic mass is 10.1. The number of piperidine rings is 1. The highest BCUT2D eigenvalue weighted by Gasteiger charge is 2.29. The van der Waals surface area contributed by atoms with Crippen molar-refractivity contribution in [1.82, 2.24) is 24.3 Å². The van der Waals surface area contributed by atoms with Gasteiger partial charge in [0.2, 0.25) is 0 Å². The average molecular weight is 537 g/mol. The van der Waals surface area contributed by atoms with Crippen molar-refractivity contribution in [3.05, 3.63) is 66.3 Å². The Morgan fingerprint density at radius 1 is 1.16 bits per heavy atom. The number of aromatic nitrogens is 4. The Hall–Kier alpha value is -3.91. The number of ether oxygens (including phenoxy) is 1. The molecule has 1 saturated heterocycles. The topological polar surface area (TPSA) is 88.5 Å². The zero-order valence-electron chi connectivity index (χ0n) is 21.2. The Morgan fingerprint density at radius 3 is 2.74 bits per heavy atom. The zero-order chi connectivity index (χ0) is 27.0. The number of carbonyl (C=O) groups is 1. The Bertz CT molecular complexity index is 1550. The van der Waals surface area contributed by atoms with E-state index in [0.29, 0.717) is 29.1 Å². The van der Waals surface area contributed by atoms with Crippen LogP contribution in [0.1, 0.15) is 45.2 Å². The molecule has 0 radical (unpaired) electrons. The van der Waals surface area contributed by atoms with Gasteiger partial charge in [0, 0.05) is 41.5 Å². The molecule has 0 aliphatic carbocycles. The first kappa shape index (κ1) is 25.7. The first-order valence-electron chi connectivity index (χ1n) is 12.2. The third-order valence-corrected chi connectivity index (χ3v) is 7.26. The minimum absolute atomic E-state index is 0.0149. The minimum atomic E-state index is -0.946. The molecule has 1 atom stereocenters. The lowest BCUT2D eigenvalue weighted by Gasteiger charge is -2.34. The van der Waals surface area contributed by atoms with E-state index in [0.717, 1.165) is 41.8 Å². The number of hydrogen-bond donors (Lipinski definition) is 0. The average Bonchev–Trinajstić information content (AvgIpc) is 3.53. The summed E-state index contributed by atoms with van der Waals surface area (Å²) in [7, 11) is 0. The number of nitrogens with zero attached hydrogens (tertiary/aromatic N) is 6. The van der Waals surface area contributed by atoms with Gasteiger partial charge in [0.1, 0.15) is 11.7 Å². The normalized spacial score (nSPS) is 16.0. The van der Waals surface area contributed by atoms with E-state index in [1.807, 2.05) is 37.7 Å². The molecule has 8 nitrogen and oxygen atoms in total. The molecule has 1 aliphatic heterocycles. The lowest BCUT2D eigenvalue weighted by molar-refractivity contribution is 0.0167. The summed E-state index contributed by atoms with van der Waals surface area (Å²) in [5.41, 5.74) is 1.81. The molecule has 4 heterocycles. The summed E-state index contributed by atoms with van der Waals surface area (Å²) in [6.45, 7) is 6.65. The molecule has 1 aliphatic rings. The molecule has 0 unspecified atom stereocenters. The van der Waals surface area contributed by atoms with E-state index in [1.165, 1.54) is 18.3 Å². The molecule has 1 aromatic carbocycles. The van der Waals surface area contributed by atoms with E-state index in [-0.39, 0.29) is 17.0 Å². The number of carbonyl (C=O) groups excluding carboxylic acids is 1. The molecular weight excluding hydrogens is 510 g/mol. The van der Waals surface area contributed by atoms with Gasteiger partial charge in [-0.3, -0.25) is 4.68 Å². The molecule has 1 amide bonds. The van der Waals surface area contributed by atoms with Gasteiger partial charge in [0.15, 0.2) is 11.6 Å². The summed E-state index contributed by atoms with van der Waals surface area (Å²) >= 11 is 1.03. The van der Waals surface area contributed by atoms with Crippen molar-refractivity contribution in [1.29, 1.82) is 5.26 Å². The Labute approximate surface area is 222 Å². The highest BCUT2D eigenvalue weighted by molar-refractivity contribution is 7.99. The van der Waals surface area contributed by atoms with Crippen LogP contribution in [0.15, 0.2) is 58.8 Å². The summed E-state index contributed by atoms with van der Waals surface area (Å²) in [4.78, 5) is 15.0. The molecule has 38 heavy (non-hydrogen) atoms. The van der Waals surface area contributed by atoms with Crippen LogP contribution >= 0.6 is 11.8 Å². The first-order valence-corrected chi connectivity index (χ1v) is 13.0. The fraction of sp³-hybridized carbons (Fsp3) is 0.333. The van der Waals surface area contributed by atoms with Gasteiger partial charge in [0.05, 0.1) is 34.4 Å². The smallest absolute Gasteiger partial charge is 0.410 e. The van der Waals surface area contributed by atoms with Gasteiger partial charge in [0.25, 0.3) is 0 Å². The van der Waals surface area contributed by atoms with Crippen molar-refractivity contribution in [2.45, 2.75) is 55.0 Å². The van der Waals surface area contributed by atoms with Gasteiger partial charge in [-0.1, -0.05) is 17.8 Å². The molecule has 5 rings (SSSR count). The number of halogens is 2. The van der Waals surface area contributed by atoms with E-state index in [9.17, 15) is 18.8 Å². The van der Waals surface area contributed by atoms with Gasteiger partial charge in [-0.25, -0.2) is 18.1 Å². The highest BCUT2D eigenvalue weighted by Crippen LogP contribution is 2.37. The van der Waals surface area contributed by atoms with Crippen molar-refractivity contribution in [3.63, 3.8) is 0 Å². The second kappa shape index (κ2) is 10.1. The van der Waals surface area contributed by atoms with Crippen LogP contribution in [-0.2, 0) is 4.74 Å². The van der Waals surface area contributed by atoms with Crippen LogP contribution in [0.25, 0.3) is 16.6 Å². The highest BCUT2D eigenvalue weighted by atomic mass is 32.2. The Balaban J connectivity index is 1.45. The van der Waals surface area contributed by atoms with E-state index < -0.39 is 17.2 Å². The maximum atomic E-state index is 14.5. The number of pyridine rings is 1. The molecule has 3 aromatic heterocycles. The minimum Gasteiger partial charge on any atom is -0.444 e. The van der Waals surface area contributed by atoms with Crippen molar-refractivity contribution in [2.75, 3.05) is 13.1 Å². The number of rotatable bonds is 4. The second-order valence-electron chi connectivity index (χ2n) is 10.1. The standard InChI is InChI=1S/C27H26F2N6O2S/c1-27(2,3)37-26(36)33-9-5-6-20(16-33)34-15-19(13-31-34)17-10-23(25-18(11-30)12-32-35(25)14-17)38-22-8-4-7-21(28)24(22)29/h4,7-8,10,12-15,20H,5-6,9,16H2,1-3H3/t20-/m0/s1. The van der Waals surface area contributed by atoms with Crippen LogP contribution in [0.5, 0.6) is 0 Å². The largest absolute Gasteiger partial charge is 0.444 e. The third-order valence-electron chi connectivity index (χ3n) is 6.19. The fourth-order valence-corrected chi connectivity index (χ4v) is 5.49. The molecule has 0 saturated carbocycles. The molecule has 1 fully saturated rings. The SMILES string of the molecule is CC(C)(C)OC(=O)N1CCC[C@H](n2cc(-c3cc(Sc4cccc(F)c4F)c4c(C#N)cnn4c3)cn2)C1. The number of hydrogen-bond acceptors (Lipinski definition) is 6. The first-order chi connectivity index (χ1) is 18.1. The summed E-state index contributed by atoms with van der Waals surface area (Å²) in [6, 6.07) is 7.92. The molecule has 0 bridgehead atoms. The predicted octanol–water partition coefficient (Wildman–Crippen LogP) is 6.07. The molecule has 0 N–H and O–H groups in total. The number of amides is 1. The number of nitriles is 1. The summed E-state index contributed by atoms with van der Waals surface area (Å²) < 4.78 is 37.3. The van der Waals surface area contributed by atoms with Crippen LogP contribution in [0.3, 0.4) is 0 Å². The van der Waals surface area contributed by atoms with E-state index in [4.69, 9.17) is 4.74 Å². The Kier molecular flexibility index (Phi) is 6.84. The summed E-state index contributed by atoms with van der Waals surface area (Å²) in [6.07, 6.45) is 8.20. The van der Waals surface area contributed by atoms with Crippen LogP contribution < -0.4 is 0 Å². The fourth-order valence-electron chi connectivity index (χ4n) is 4.43. The van der Waals surface area contributed by atoms with Crippen molar-refractivity contribution < 1.29 is 18.3 Å². The second-order valence-corrected chi connectivity index (χ2v) is 11.2. The maximum Gasteiger partial charge on any atom is 0.410 e. The maximum absolute atomic E-state index is 14.5. The van der Waals surface area contributed by atoms with Gasteiger partial charge in [-0.05, 0) is 51.8 Å². The van der Waals surface area contributed by atoms with Crippen molar-refractivity contribution in [3.8, 4) is 17.2 Å². The molecule has 196 valence electrons. The molecule has 0 spiro atoms. The van der Waals surface area contributed by atoms with Crippen molar-refractivity contribution in [2.24, 2.45) is 0 Å². The van der Waals surface area contributed by atoms with Crippen LogP contribution in [0.4, 0.5) is 13.6 Å². The monoisotopic (exact) mass is 536 g/mol. The zero-order valence-corrected chi connectivity index (χ0v) is 22.0. The summed E-state index contributed by atoms with van der Waals surface area (Å²) in [5, 5.41) is 18.4. The van der Waals surface area contributed by atoms with E-state index in [2.05, 4.69) is 16.3 Å². The van der Waals surface area contributed by atoms with Gasteiger partial charge in [-0.15, -0.1) is 0 Å². The summed E-state index contributed by atoms with van der Waals surface area (Å²) in [5.74, 6) is -1.89. The third kappa shape index (κ3) is 5.22. The van der Waals surface area contributed by atoms with Crippen LogP contribution in [-0.4, -0.2) is 49.1 Å². The van der Waals surface area contributed by atoms with Crippen LogP contribution in [0.2, 0.25) is 0 Å². The quantitative estimate of drug-likeness (QED) is 0.315. The van der Waals surface area contributed by atoms with E-state index in [1.54, 1.807) is 21.8 Å². The molecule has 4 aromatic rings. The lowest BCUT2D eigenvalue weighted by Crippen LogP contribution is -2.43. The van der Waals surface area contributed by atoms with Crippen molar-refractivity contribution >= 4 is 23.4 Å². The molecular formula is C27H26F2N6O2S.